The Morgan fingerprint density at radius 1 is 1.19 bits per heavy atom. The zero-order valence-electron chi connectivity index (χ0n) is 12.4. The van der Waals surface area contributed by atoms with Gasteiger partial charge in [0.25, 0.3) is 5.91 Å². The molecule has 0 spiro atoms. The first-order chi connectivity index (χ1) is 10.1. The highest BCUT2D eigenvalue weighted by molar-refractivity contribution is 5.91. The fraction of sp³-hybridized carbons (Fsp3) is 0.375. The average Bonchev–Trinajstić information content (AvgIpc) is 2.93. The molecule has 0 saturated carbocycles. The first-order valence-corrected chi connectivity index (χ1v) is 7.17. The van der Waals surface area contributed by atoms with E-state index in [1.807, 2.05) is 4.90 Å². The number of rotatable bonds is 2. The second-order valence-electron chi connectivity index (χ2n) is 5.36. The Balaban J connectivity index is 1.64. The quantitative estimate of drug-likeness (QED) is 0.849. The standard InChI is InChI=1S/C16H19N3O2/c1-12-4-3-5-14(10-12)18-6-8-19(9-7-18)16(20)15-11-17-13(2)21-15/h3-5,10-11H,6-9H2,1-2H3. The Morgan fingerprint density at radius 2 is 1.95 bits per heavy atom. The summed E-state index contributed by atoms with van der Waals surface area (Å²) in [4.78, 5) is 20.4. The van der Waals surface area contributed by atoms with Gasteiger partial charge in [-0.3, -0.25) is 4.79 Å². The number of piperazine rings is 1. The minimum absolute atomic E-state index is 0.0699. The van der Waals surface area contributed by atoms with Crippen LogP contribution in [0.25, 0.3) is 0 Å². The molecule has 21 heavy (non-hydrogen) atoms. The van der Waals surface area contributed by atoms with Gasteiger partial charge in [0.2, 0.25) is 5.76 Å². The lowest BCUT2D eigenvalue weighted by Crippen LogP contribution is -2.48. The van der Waals surface area contributed by atoms with Gasteiger partial charge in [-0.2, -0.15) is 0 Å². The molecule has 5 heteroatoms. The van der Waals surface area contributed by atoms with Gasteiger partial charge >= 0.3 is 0 Å². The van der Waals surface area contributed by atoms with Gasteiger partial charge in [0, 0.05) is 38.8 Å². The van der Waals surface area contributed by atoms with Crippen LogP contribution in [0.2, 0.25) is 0 Å². The van der Waals surface area contributed by atoms with E-state index in [0.29, 0.717) is 24.7 Å². The summed E-state index contributed by atoms with van der Waals surface area (Å²) in [5, 5.41) is 0. The molecule has 1 aliphatic heterocycles. The number of anilines is 1. The molecule has 0 radical (unpaired) electrons. The first kappa shape index (κ1) is 13.7. The van der Waals surface area contributed by atoms with Crippen molar-refractivity contribution in [2.75, 3.05) is 31.1 Å². The zero-order valence-corrected chi connectivity index (χ0v) is 12.4. The highest BCUT2D eigenvalue weighted by Gasteiger charge is 2.24. The van der Waals surface area contributed by atoms with Crippen molar-refractivity contribution in [3.63, 3.8) is 0 Å². The van der Waals surface area contributed by atoms with E-state index in [0.717, 1.165) is 13.1 Å². The molecular weight excluding hydrogens is 266 g/mol. The Hall–Kier alpha value is -2.30. The van der Waals surface area contributed by atoms with E-state index in [1.54, 1.807) is 6.92 Å². The van der Waals surface area contributed by atoms with Gasteiger partial charge in [0.15, 0.2) is 5.89 Å². The van der Waals surface area contributed by atoms with Crippen molar-refractivity contribution in [1.82, 2.24) is 9.88 Å². The maximum absolute atomic E-state index is 12.3. The minimum atomic E-state index is -0.0699. The van der Waals surface area contributed by atoms with Gasteiger partial charge in [-0.1, -0.05) is 12.1 Å². The van der Waals surface area contributed by atoms with Crippen LogP contribution < -0.4 is 4.90 Å². The van der Waals surface area contributed by atoms with Gasteiger partial charge in [0.1, 0.15) is 0 Å². The lowest BCUT2D eigenvalue weighted by atomic mass is 10.2. The Bertz CT molecular complexity index is 642. The van der Waals surface area contributed by atoms with Crippen molar-refractivity contribution in [3.8, 4) is 0 Å². The van der Waals surface area contributed by atoms with Crippen LogP contribution in [0.5, 0.6) is 0 Å². The summed E-state index contributed by atoms with van der Waals surface area (Å²) in [6, 6.07) is 8.45. The maximum atomic E-state index is 12.3. The highest BCUT2D eigenvalue weighted by atomic mass is 16.4. The molecule has 110 valence electrons. The molecule has 0 N–H and O–H groups in total. The number of amides is 1. The smallest absolute Gasteiger partial charge is 0.291 e. The number of aryl methyl sites for hydroxylation is 2. The van der Waals surface area contributed by atoms with Crippen molar-refractivity contribution >= 4 is 11.6 Å². The van der Waals surface area contributed by atoms with Crippen molar-refractivity contribution < 1.29 is 9.21 Å². The summed E-state index contributed by atoms with van der Waals surface area (Å²) in [5.74, 6) is 0.785. The number of oxazole rings is 1. The third-order valence-corrected chi connectivity index (χ3v) is 3.77. The van der Waals surface area contributed by atoms with Gasteiger partial charge in [-0.15, -0.1) is 0 Å². The maximum Gasteiger partial charge on any atom is 0.291 e. The third kappa shape index (κ3) is 2.91. The number of hydrogen-bond donors (Lipinski definition) is 0. The third-order valence-electron chi connectivity index (χ3n) is 3.77. The minimum Gasteiger partial charge on any atom is -0.436 e. The molecule has 1 aromatic heterocycles. The van der Waals surface area contributed by atoms with Gasteiger partial charge < -0.3 is 14.2 Å². The van der Waals surface area contributed by atoms with E-state index in [4.69, 9.17) is 4.42 Å². The van der Waals surface area contributed by atoms with Crippen LogP contribution in [-0.2, 0) is 0 Å². The molecule has 2 aromatic rings. The van der Waals surface area contributed by atoms with E-state index in [2.05, 4.69) is 41.1 Å². The molecule has 1 aromatic carbocycles. The van der Waals surface area contributed by atoms with Crippen LogP contribution in [0, 0.1) is 13.8 Å². The van der Waals surface area contributed by atoms with E-state index in [-0.39, 0.29) is 5.91 Å². The molecule has 5 nitrogen and oxygen atoms in total. The van der Waals surface area contributed by atoms with E-state index in [9.17, 15) is 4.79 Å². The summed E-state index contributed by atoms with van der Waals surface area (Å²) in [6.07, 6.45) is 1.50. The van der Waals surface area contributed by atoms with E-state index < -0.39 is 0 Å². The molecule has 1 amide bonds. The Labute approximate surface area is 124 Å². The van der Waals surface area contributed by atoms with Gasteiger partial charge in [-0.05, 0) is 24.6 Å². The zero-order chi connectivity index (χ0) is 14.8. The van der Waals surface area contributed by atoms with Crippen LogP contribution in [-0.4, -0.2) is 42.0 Å². The lowest BCUT2D eigenvalue weighted by Gasteiger charge is -2.35. The molecule has 0 atom stereocenters. The van der Waals surface area contributed by atoms with Crippen LogP contribution in [0.3, 0.4) is 0 Å². The average molecular weight is 285 g/mol. The molecule has 1 fully saturated rings. The summed E-state index contributed by atoms with van der Waals surface area (Å²) in [6.45, 7) is 6.91. The van der Waals surface area contributed by atoms with E-state index >= 15 is 0 Å². The van der Waals surface area contributed by atoms with Crippen molar-refractivity contribution in [1.29, 1.82) is 0 Å². The van der Waals surface area contributed by atoms with Crippen LogP contribution in [0.1, 0.15) is 22.0 Å². The van der Waals surface area contributed by atoms with Crippen molar-refractivity contribution in [2.45, 2.75) is 13.8 Å². The number of benzene rings is 1. The molecule has 0 bridgehead atoms. The normalized spacial score (nSPS) is 15.3. The monoisotopic (exact) mass is 285 g/mol. The van der Waals surface area contributed by atoms with Gasteiger partial charge in [0.05, 0.1) is 6.20 Å². The molecule has 2 heterocycles. The summed E-state index contributed by atoms with van der Waals surface area (Å²) in [7, 11) is 0. The molecule has 0 aliphatic carbocycles. The first-order valence-electron chi connectivity index (χ1n) is 7.17. The van der Waals surface area contributed by atoms with Crippen LogP contribution in [0.15, 0.2) is 34.9 Å². The fourth-order valence-corrected chi connectivity index (χ4v) is 2.61. The van der Waals surface area contributed by atoms with E-state index in [1.165, 1.54) is 17.4 Å². The summed E-state index contributed by atoms with van der Waals surface area (Å²) in [5.41, 5.74) is 2.47. The highest BCUT2D eigenvalue weighted by Crippen LogP contribution is 2.18. The molecule has 1 saturated heterocycles. The second kappa shape index (κ2) is 5.60. The molecule has 0 unspecified atom stereocenters. The largest absolute Gasteiger partial charge is 0.436 e. The number of hydrogen-bond acceptors (Lipinski definition) is 4. The topological polar surface area (TPSA) is 49.6 Å². The molecular formula is C16H19N3O2. The number of carbonyl (C=O) groups is 1. The lowest BCUT2D eigenvalue weighted by molar-refractivity contribution is 0.0713. The number of carbonyl (C=O) groups excluding carboxylic acids is 1. The van der Waals surface area contributed by atoms with Crippen molar-refractivity contribution in [2.24, 2.45) is 0 Å². The van der Waals surface area contributed by atoms with Crippen molar-refractivity contribution in [3.05, 3.63) is 47.7 Å². The molecule has 3 rings (SSSR count). The SMILES string of the molecule is Cc1cccc(N2CCN(C(=O)c3cnc(C)o3)CC2)c1. The van der Waals surface area contributed by atoms with Gasteiger partial charge in [-0.25, -0.2) is 4.98 Å². The number of aromatic nitrogens is 1. The van der Waals surface area contributed by atoms with Crippen LogP contribution >= 0.6 is 0 Å². The summed E-state index contributed by atoms with van der Waals surface area (Å²) < 4.78 is 5.31. The second-order valence-corrected chi connectivity index (χ2v) is 5.36. The number of nitrogens with zero attached hydrogens (tertiary/aromatic N) is 3. The Kier molecular flexibility index (Phi) is 3.64. The predicted octanol–water partition coefficient (Wildman–Crippen LogP) is 2.25. The summed E-state index contributed by atoms with van der Waals surface area (Å²) >= 11 is 0. The Morgan fingerprint density at radius 3 is 2.57 bits per heavy atom. The predicted molar refractivity (Wildman–Crippen MR) is 80.5 cm³/mol. The molecule has 1 aliphatic rings. The van der Waals surface area contributed by atoms with Crippen LogP contribution in [0.4, 0.5) is 5.69 Å². The fourth-order valence-electron chi connectivity index (χ4n) is 2.61.